The second kappa shape index (κ2) is 4.90. The first-order valence-electron chi connectivity index (χ1n) is 4.18. The van der Waals surface area contributed by atoms with Gasteiger partial charge in [0.25, 0.3) is 0 Å². The lowest BCUT2D eigenvalue weighted by atomic mass is 10.2. The average Bonchev–Trinajstić information content (AvgIpc) is 2.53. The van der Waals surface area contributed by atoms with E-state index >= 15 is 0 Å². The van der Waals surface area contributed by atoms with E-state index in [0.717, 1.165) is 13.0 Å². The molecule has 4 heteroatoms. The maximum Gasteiger partial charge on any atom is 0.0569 e. The molecule has 0 spiro atoms. The fourth-order valence-corrected chi connectivity index (χ4v) is 1.05. The van der Waals surface area contributed by atoms with Crippen LogP contribution in [0, 0.1) is 0 Å². The van der Waals surface area contributed by atoms with E-state index in [9.17, 15) is 5.11 Å². The number of hydrogen-bond donors (Lipinski definition) is 2. The largest absolute Gasteiger partial charge is 0.393 e. The highest BCUT2D eigenvalue weighted by Crippen LogP contribution is 1.98. The highest BCUT2D eigenvalue weighted by Gasteiger charge is 2.02. The summed E-state index contributed by atoms with van der Waals surface area (Å²) in [5.74, 6) is 0. The Morgan fingerprint density at radius 1 is 1.50 bits per heavy atom. The number of rotatable bonds is 5. The molecule has 0 saturated heterocycles. The molecule has 0 aliphatic heterocycles. The van der Waals surface area contributed by atoms with Gasteiger partial charge in [-0.1, -0.05) is 0 Å². The van der Waals surface area contributed by atoms with Crippen molar-refractivity contribution in [2.45, 2.75) is 25.5 Å². The predicted octanol–water partition coefficient (Wildman–Crippen LogP) is -0.0171. The molecule has 1 rings (SSSR count). The Balaban J connectivity index is 2.17. The maximum atomic E-state index is 9.33. The third-order valence-electron chi connectivity index (χ3n) is 1.75. The third kappa shape index (κ3) is 3.02. The molecule has 1 unspecified atom stereocenters. The summed E-state index contributed by atoms with van der Waals surface area (Å²) in [5.41, 5.74) is 5.30. The van der Waals surface area contributed by atoms with Gasteiger partial charge in [0, 0.05) is 18.9 Å². The molecule has 0 bridgehead atoms. The number of aliphatic hydroxyl groups is 1. The molecule has 1 aromatic rings. The monoisotopic (exact) mass is 169 g/mol. The molecule has 1 aromatic heterocycles. The SMILES string of the molecule is NCCC(O)CCn1cccn1. The van der Waals surface area contributed by atoms with Gasteiger partial charge >= 0.3 is 0 Å². The first-order valence-corrected chi connectivity index (χ1v) is 4.18. The van der Waals surface area contributed by atoms with Crippen LogP contribution in [0.1, 0.15) is 12.8 Å². The van der Waals surface area contributed by atoms with E-state index in [-0.39, 0.29) is 6.10 Å². The zero-order valence-corrected chi connectivity index (χ0v) is 7.06. The molecule has 0 aliphatic rings. The number of aryl methyl sites for hydroxylation is 1. The van der Waals surface area contributed by atoms with Crippen LogP contribution in [0.5, 0.6) is 0 Å². The summed E-state index contributed by atoms with van der Waals surface area (Å²) in [5, 5.41) is 13.3. The van der Waals surface area contributed by atoms with Crippen LogP contribution in [0.25, 0.3) is 0 Å². The summed E-state index contributed by atoms with van der Waals surface area (Å²) < 4.78 is 1.81. The van der Waals surface area contributed by atoms with Crippen molar-refractivity contribution in [1.29, 1.82) is 0 Å². The summed E-state index contributed by atoms with van der Waals surface area (Å²) in [6.45, 7) is 1.30. The second-order valence-corrected chi connectivity index (χ2v) is 2.79. The highest BCUT2D eigenvalue weighted by atomic mass is 16.3. The van der Waals surface area contributed by atoms with E-state index in [1.54, 1.807) is 10.9 Å². The smallest absolute Gasteiger partial charge is 0.0569 e. The van der Waals surface area contributed by atoms with E-state index < -0.39 is 0 Å². The van der Waals surface area contributed by atoms with Crippen LogP contribution in [0.2, 0.25) is 0 Å². The minimum atomic E-state index is -0.292. The minimum Gasteiger partial charge on any atom is -0.393 e. The zero-order valence-electron chi connectivity index (χ0n) is 7.06. The molecule has 1 heterocycles. The normalized spacial score (nSPS) is 13.2. The third-order valence-corrected chi connectivity index (χ3v) is 1.75. The lowest BCUT2D eigenvalue weighted by Gasteiger charge is -2.08. The highest BCUT2D eigenvalue weighted by molar-refractivity contribution is 4.77. The van der Waals surface area contributed by atoms with Crippen LogP contribution >= 0.6 is 0 Å². The summed E-state index contributed by atoms with van der Waals surface area (Å²) in [7, 11) is 0. The van der Waals surface area contributed by atoms with Gasteiger partial charge in [0.1, 0.15) is 0 Å². The molecule has 0 amide bonds. The van der Waals surface area contributed by atoms with Crippen LogP contribution in [0.15, 0.2) is 18.5 Å². The van der Waals surface area contributed by atoms with Crippen molar-refractivity contribution >= 4 is 0 Å². The second-order valence-electron chi connectivity index (χ2n) is 2.79. The van der Waals surface area contributed by atoms with E-state index in [0.29, 0.717) is 13.0 Å². The van der Waals surface area contributed by atoms with Gasteiger partial charge in [-0.25, -0.2) is 0 Å². The molecular weight excluding hydrogens is 154 g/mol. The van der Waals surface area contributed by atoms with Gasteiger partial charge in [-0.05, 0) is 25.5 Å². The van der Waals surface area contributed by atoms with Crippen molar-refractivity contribution in [3.8, 4) is 0 Å². The van der Waals surface area contributed by atoms with Crippen molar-refractivity contribution in [2.75, 3.05) is 6.54 Å². The quantitative estimate of drug-likeness (QED) is 0.651. The number of nitrogens with two attached hydrogens (primary N) is 1. The fraction of sp³-hybridized carbons (Fsp3) is 0.625. The van der Waals surface area contributed by atoms with E-state index in [4.69, 9.17) is 5.73 Å². The summed E-state index contributed by atoms with van der Waals surface area (Å²) in [6, 6.07) is 1.87. The van der Waals surface area contributed by atoms with E-state index in [1.165, 1.54) is 0 Å². The predicted molar refractivity (Wildman–Crippen MR) is 46.5 cm³/mol. The van der Waals surface area contributed by atoms with Crippen molar-refractivity contribution in [1.82, 2.24) is 9.78 Å². The molecule has 0 saturated carbocycles. The maximum absolute atomic E-state index is 9.33. The summed E-state index contributed by atoms with van der Waals surface area (Å²) in [6.07, 6.45) is 4.71. The Bertz CT molecular complexity index is 198. The number of hydrogen-bond acceptors (Lipinski definition) is 3. The molecule has 0 radical (unpaired) electrons. The van der Waals surface area contributed by atoms with Crippen LogP contribution in [0.4, 0.5) is 0 Å². The summed E-state index contributed by atoms with van der Waals surface area (Å²) >= 11 is 0. The molecule has 0 fully saturated rings. The first-order chi connectivity index (χ1) is 5.83. The topological polar surface area (TPSA) is 64.1 Å². The Kier molecular flexibility index (Phi) is 3.76. The van der Waals surface area contributed by atoms with Gasteiger partial charge in [-0.2, -0.15) is 5.10 Å². The molecule has 3 N–H and O–H groups in total. The van der Waals surface area contributed by atoms with Crippen LogP contribution in [-0.4, -0.2) is 27.5 Å². The minimum absolute atomic E-state index is 0.292. The molecule has 12 heavy (non-hydrogen) atoms. The average molecular weight is 169 g/mol. The fourth-order valence-electron chi connectivity index (χ4n) is 1.05. The summed E-state index contributed by atoms with van der Waals surface area (Å²) in [4.78, 5) is 0. The van der Waals surface area contributed by atoms with Crippen molar-refractivity contribution in [3.63, 3.8) is 0 Å². The molecule has 0 aliphatic carbocycles. The standard InChI is InChI=1S/C8H15N3O/c9-4-2-8(12)3-7-11-6-1-5-10-11/h1,5-6,8,12H,2-4,7,9H2. The molecule has 1 atom stereocenters. The van der Waals surface area contributed by atoms with Crippen LogP contribution < -0.4 is 5.73 Å². The van der Waals surface area contributed by atoms with Gasteiger partial charge in [0.15, 0.2) is 0 Å². The van der Waals surface area contributed by atoms with Crippen molar-refractivity contribution < 1.29 is 5.11 Å². The van der Waals surface area contributed by atoms with Gasteiger partial charge < -0.3 is 10.8 Å². The lowest BCUT2D eigenvalue weighted by Crippen LogP contribution is -2.15. The van der Waals surface area contributed by atoms with Crippen LogP contribution in [-0.2, 0) is 6.54 Å². The van der Waals surface area contributed by atoms with Crippen molar-refractivity contribution in [3.05, 3.63) is 18.5 Å². The number of aliphatic hydroxyl groups excluding tert-OH is 1. The van der Waals surface area contributed by atoms with Gasteiger partial charge in [-0.3, -0.25) is 4.68 Å². The van der Waals surface area contributed by atoms with Crippen LogP contribution in [0.3, 0.4) is 0 Å². The van der Waals surface area contributed by atoms with Crippen molar-refractivity contribution in [2.24, 2.45) is 5.73 Å². The Morgan fingerprint density at radius 2 is 2.33 bits per heavy atom. The molecule has 4 nitrogen and oxygen atoms in total. The van der Waals surface area contributed by atoms with E-state index in [2.05, 4.69) is 5.10 Å². The molecular formula is C8H15N3O. The Morgan fingerprint density at radius 3 is 2.92 bits per heavy atom. The van der Waals surface area contributed by atoms with E-state index in [1.807, 2.05) is 12.3 Å². The Hall–Kier alpha value is -0.870. The van der Waals surface area contributed by atoms with Gasteiger partial charge in [0.2, 0.25) is 0 Å². The molecule has 68 valence electrons. The first kappa shape index (κ1) is 9.22. The number of aromatic nitrogens is 2. The molecule has 0 aromatic carbocycles. The zero-order chi connectivity index (χ0) is 8.81. The Labute approximate surface area is 72.0 Å². The number of nitrogens with zero attached hydrogens (tertiary/aromatic N) is 2. The van der Waals surface area contributed by atoms with Gasteiger partial charge in [0.05, 0.1) is 6.10 Å². The lowest BCUT2D eigenvalue weighted by molar-refractivity contribution is 0.150. The van der Waals surface area contributed by atoms with Gasteiger partial charge in [-0.15, -0.1) is 0 Å².